The molecule has 2 aromatic heterocycles. The van der Waals surface area contributed by atoms with Crippen LogP contribution < -0.4 is 14.3 Å². The molecule has 2 nitrogen and oxygen atoms in total. The molecule has 4 aromatic rings. The summed E-state index contributed by atoms with van der Waals surface area (Å²) < 4.78 is 9.29. The first kappa shape index (κ1) is 20.2. The number of thiophene rings is 2. The third-order valence-corrected chi connectivity index (χ3v) is 7.14. The Bertz CT molecular complexity index is 1160. The lowest BCUT2D eigenvalue weighted by molar-refractivity contribution is 0.0736. The fraction of sp³-hybridized carbons (Fsp3) is 0.261. The Kier molecular flexibility index (Phi) is 6.12. The van der Waals surface area contributed by atoms with E-state index in [1.54, 1.807) is 23.5 Å². The van der Waals surface area contributed by atoms with Gasteiger partial charge in [-0.05, 0) is 45.5 Å². The number of esters is 1. The number of ether oxygens (including phenoxy) is 1. The summed E-state index contributed by atoms with van der Waals surface area (Å²) in [5.74, 6) is 0.201. The lowest BCUT2D eigenvalue weighted by Gasteiger charge is -2.13. The van der Waals surface area contributed by atoms with E-state index in [9.17, 15) is 4.79 Å². The Morgan fingerprint density at radius 2 is 1.59 bits per heavy atom. The lowest BCUT2D eigenvalue weighted by atomic mass is 9.93. The summed E-state index contributed by atoms with van der Waals surface area (Å²) in [6.45, 7) is 2.20. The minimum absolute atomic E-state index is 0.337. The van der Waals surface area contributed by atoms with Gasteiger partial charge in [0.2, 0.25) is 0 Å². The van der Waals surface area contributed by atoms with Gasteiger partial charge in [-0.3, -0.25) is 0 Å². The van der Waals surface area contributed by atoms with Crippen LogP contribution in [0.1, 0.15) is 48.5 Å². The summed E-state index contributed by atoms with van der Waals surface area (Å²) in [5, 5.41) is 1.92. The van der Waals surface area contributed by atoms with Crippen LogP contribution in [-0.2, 0) is 6.42 Å². The molecule has 0 aliphatic rings. The third-order valence-electron chi connectivity index (χ3n) is 5.04. The van der Waals surface area contributed by atoms with E-state index in [0.717, 1.165) is 49.8 Å². The molecular weight excluding hydrogens is 394 g/mol. The van der Waals surface area contributed by atoms with Crippen LogP contribution in [0.25, 0.3) is 20.2 Å². The molecule has 29 heavy (non-hydrogen) atoms. The van der Waals surface area contributed by atoms with Gasteiger partial charge < -0.3 is 4.74 Å². The number of rotatable bonds is 7. The summed E-state index contributed by atoms with van der Waals surface area (Å²) in [5.41, 5.74) is 1.65. The highest BCUT2D eigenvalue weighted by atomic mass is 32.1. The maximum absolute atomic E-state index is 13.3. The summed E-state index contributed by atoms with van der Waals surface area (Å²) in [6.07, 6.45) is 5.33. The molecule has 4 radical (unpaired) electrons. The summed E-state index contributed by atoms with van der Waals surface area (Å²) in [6, 6.07) is 13.1. The Balaban J connectivity index is 1.87. The number of hydrogen-bond donors (Lipinski definition) is 0. The second-order valence-electron chi connectivity index (χ2n) is 7.15. The molecule has 0 N–H and O–H groups in total. The molecule has 0 atom stereocenters. The third kappa shape index (κ3) is 4.15. The number of para-hydroxylation sites is 1. The number of fused-ring (bicyclic) bond motifs is 3. The molecule has 0 saturated heterocycles. The summed E-state index contributed by atoms with van der Waals surface area (Å²) in [4.78, 5) is 13.3. The molecule has 2 aromatic carbocycles. The van der Waals surface area contributed by atoms with Crippen molar-refractivity contribution in [1.82, 2.24) is 0 Å². The Labute approximate surface area is 181 Å². The fourth-order valence-corrected chi connectivity index (χ4v) is 5.78. The van der Waals surface area contributed by atoms with Crippen LogP contribution in [0, 0.1) is 0 Å². The highest BCUT2D eigenvalue weighted by Gasteiger charge is 2.23. The van der Waals surface area contributed by atoms with Crippen LogP contribution in [0.3, 0.4) is 0 Å². The summed E-state index contributed by atoms with van der Waals surface area (Å²) in [7, 11) is 12.3. The van der Waals surface area contributed by atoms with Crippen molar-refractivity contribution in [3.8, 4) is 5.75 Å². The first-order chi connectivity index (χ1) is 14.1. The van der Waals surface area contributed by atoms with Crippen LogP contribution >= 0.6 is 22.7 Å². The second-order valence-corrected chi connectivity index (χ2v) is 9.32. The maximum atomic E-state index is 13.3. The van der Waals surface area contributed by atoms with Gasteiger partial charge in [-0.1, -0.05) is 56.5 Å². The van der Waals surface area contributed by atoms with Crippen LogP contribution in [0.4, 0.5) is 0 Å². The predicted molar refractivity (Wildman–Crippen MR) is 127 cm³/mol. The van der Waals surface area contributed by atoms with Crippen molar-refractivity contribution in [2.75, 3.05) is 0 Å². The molecule has 0 unspecified atom stereocenters. The quantitative estimate of drug-likeness (QED) is 0.183. The molecule has 6 heteroatoms. The first-order valence-corrected chi connectivity index (χ1v) is 11.5. The SMILES string of the molecule is [B]c1cc2c(CCCCCC)c(C(=O)Oc3ccccc3)c3cc([B])sc3c2s1. The average molecular weight is 414 g/mol. The molecule has 2 heterocycles. The van der Waals surface area contributed by atoms with E-state index >= 15 is 0 Å². The largest absolute Gasteiger partial charge is 0.423 e. The van der Waals surface area contributed by atoms with Crippen molar-refractivity contribution in [3.63, 3.8) is 0 Å². The van der Waals surface area contributed by atoms with Gasteiger partial charge in [0.05, 0.1) is 15.0 Å². The van der Waals surface area contributed by atoms with E-state index in [2.05, 4.69) is 6.92 Å². The van der Waals surface area contributed by atoms with Gasteiger partial charge in [-0.2, -0.15) is 22.7 Å². The van der Waals surface area contributed by atoms with Gasteiger partial charge in [-0.25, -0.2) is 4.79 Å². The van der Waals surface area contributed by atoms with Gasteiger partial charge >= 0.3 is 5.97 Å². The van der Waals surface area contributed by atoms with Gasteiger partial charge in [0.25, 0.3) is 0 Å². The van der Waals surface area contributed by atoms with Crippen molar-refractivity contribution < 1.29 is 9.53 Å². The number of hydrogen-bond acceptors (Lipinski definition) is 4. The molecule has 0 aliphatic carbocycles. The van der Waals surface area contributed by atoms with Crippen molar-refractivity contribution in [2.24, 2.45) is 0 Å². The zero-order valence-corrected chi connectivity index (χ0v) is 18.0. The second kappa shape index (κ2) is 8.76. The molecule has 0 bridgehead atoms. The zero-order chi connectivity index (χ0) is 20.4. The standard InChI is InChI=1S/C23H20B2O2S2/c1-2-3-4-8-11-15-16-12-18(24)28-21(16)22-17(13-19(25)29-22)20(15)23(26)27-14-9-6-5-7-10-14/h5-7,9-10,12-13H,2-4,8,11H2,1H3. The van der Waals surface area contributed by atoms with Crippen LogP contribution in [0.5, 0.6) is 5.75 Å². The first-order valence-electron chi connectivity index (χ1n) is 9.88. The minimum atomic E-state index is -0.337. The van der Waals surface area contributed by atoms with Crippen LogP contribution in [0.15, 0.2) is 42.5 Å². The van der Waals surface area contributed by atoms with Crippen molar-refractivity contribution >= 4 is 74.1 Å². The van der Waals surface area contributed by atoms with Gasteiger partial charge in [0, 0.05) is 5.39 Å². The fourth-order valence-electron chi connectivity index (χ4n) is 3.73. The molecule has 0 aliphatic heterocycles. The van der Waals surface area contributed by atoms with Gasteiger partial charge in [0.15, 0.2) is 0 Å². The Hall–Kier alpha value is -2.04. The van der Waals surface area contributed by atoms with E-state index in [0.29, 0.717) is 16.1 Å². The van der Waals surface area contributed by atoms with E-state index < -0.39 is 0 Å². The molecule has 0 spiro atoms. The molecular formula is C23H20B2O2S2. The van der Waals surface area contributed by atoms with Crippen LogP contribution in [-0.4, -0.2) is 21.7 Å². The van der Waals surface area contributed by atoms with E-state index in [1.807, 2.05) is 30.3 Å². The molecule has 0 fully saturated rings. The minimum Gasteiger partial charge on any atom is -0.423 e. The topological polar surface area (TPSA) is 26.3 Å². The molecule has 4 rings (SSSR count). The van der Waals surface area contributed by atoms with Crippen molar-refractivity contribution in [2.45, 2.75) is 39.0 Å². The van der Waals surface area contributed by atoms with Gasteiger partial charge in [0.1, 0.15) is 21.4 Å². The van der Waals surface area contributed by atoms with E-state index in [1.165, 1.54) is 24.2 Å². The Morgan fingerprint density at radius 1 is 0.931 bits per heavy atom. The zero-order valence-electron chi connectivity index (χ0n) is 16.4. The van der Waals surface area contributed by atoms with Crippen molar-refractivity contribution in [3.05, 3.63) is 53.6 Å². The number of benzene rings is 2. The normalized spacial score (nSPS) is 11.3. The lowest BCUT2D eigenvalue weighted by Crippen LogP contribution is -2.12. The molecule has 142 valence electrons. The van der Waals surface area contributed by atoms with E-state index in [4.69, 9.17) is 20.4 Å². The smallest absolute Gasteiger partial charge is 0.344 e. The number of carbonyl (C=O) groups is 1. The maximum Gasteiger partial charge on any atom is 0.344 e. The monoisotopic (exact) mass is 414 g/mol. The number of aryl methyl sites for hydroxylation is 1. The molecule has 0 amide bonds. The Morgan fingerprint density at radius 3 is 2.28 bits per heavy atom. The van der Waals surface area contributed by atoms with Crippen LogP contribution in [0.2, 0.25) is 0 Å². The predicted octanol–water partition coefficient (Wildman–Crippen LogP) is 5.05. The van der Waals surface area contributed by atoms with Gasteiger partial charge in [-0.15, -0.1) is 0 Å². The highest BCUT2D eigenvalue weighted by Crippen LogP contribution is 2.38. The molecule has 0 saturated carbocycles. The van der Waals surface area contributed by atoms with Crippen molar-refractivity contribution in [1.29, 1.82) is 0 Å². The highest BCUT2D eigenvalue weighted by molar-refractivity contribution is 7.33. The summed E-state index contributed by atoms with van der Waals surface area (Å²) >= 11 is 3.06. The number of unbranched alkanes of at least 4 members (excludes halogenated alkanes) is 3. The van der Waals surface area contributed by atoms with E-state index in [-0.39, 0.29) is 5.97 Å². The number of carbonyl (C=O) groups excluding carboxylic acids is 1. The average Bonchev–Trinajstić information content (AvgIpc) is 3.27.